The van der Waals surface area contributed by atoms with E-state index in [1.54, 1.807) is 6.07 Å². The van der Waals surface area contributed by atoms with Gasteiger partial charge in [-0.1, -0.05) is 36.4 Å². The highest BCUT2D eigenvalue weighted by Gasteiger charge is 2.04. The fourth-order valence-electron chi connectivity index (χ4n) is 1.42. The molecule has 1 amide bonds. The van der Waals surface area contributed by atoms with Crippen molar-refractivity contribution in [1.29, 1.82) is 0 Å². The molecule has 0 radical (unpaired) electrons. The van der Waals surface area contributed by atoms with Gasteiger partial charge >= 0.3 is 6.09 Å². The minimum Gasteiger partial charge on any atom is -0.410 e. The molecule has 15 heavy (non-hydrogen) atoms. The van der Waals surface area contributed by atoms with Crippen molar-refractivity contribution in [2.45, 2.75) is 0 Å². The van der Waals surface area contributed by atoms with E-state index in [1.807, 2.05) is 36.4 Å². The summed E-state index contributed by atoms with van der Waals surface area (Å²) < 4.78 is 12.2. The van der Waals surface area contributed by atoms with Crippen LogP contribution < -0.4 is 10.0 Å². The highest BCUT2D eigenvalue weighted by Crippen LogP contribution is 2.24. The Bertz CT molecular complexity index is 520. The van der Waals surface area contributed by atoms with Crippen LogP contribution in [0.5, 0.6) is 5.75 Å². The molecule has 2 aromatic carbocycles. The van der Waals surface area contributed by atoms with Gasteiger partial charge in [0.15, 0.2) is 1.41 Å². The molecular formula is C12H11NO2. The Kier molecular flexibility index (Phi) is 2.21. The molecular weight excluding hydrogens is 190 g/mol. The summed E-state index contributed by atoms with van der Waals surface area (Å²) in [6.07, 6.45) is -0.698. The molecule has 0 saturated carbocycles. The van der Waals surface area contributed by atoms with Crippen molar-refractivity contribution >= 4 is 16.9 Å². The van der Waals surface area contributed by atoms with Crippen LogP contribution in [-0.4, -0.2) is 13.1 Å². The first kappa shape index (κ1) is 8.29. The number of carbonyl (C=O) groups excluding carboxylic acids is 1. The zero-order valence-corrected chi connectivity index (χ0v) is 8.31. The van der Waals surface area contributed by atoms with E-state index in [1.165, 1.54) is 7.05 Å². The van der Waals surface area contributed by atoms with Crippen LogP contribution >= 0.6 is 0 Å². The van der Waals surface area contributed by atoms with Crippen molar-refractivity contribution in [2.24, 2.45) is 0 Å². The molecule has 0 atom stereocenters. The summed E-state index contributed by atoms with van der Waals surface area (Å²) in [5.41, 5.74) is 0. The second-order valence-corrected chi connectivity index (χ2v) is 3.07. The van der Waals surface area contributed by atoms with Crippen LogP contribution in [0, 0.1) is 0 Å². The van der Waals surface area contributed by atoms with Gasteiger partial charge in [-0.2, -0.15) is 0 Å². The standard InChI is InChI=1S/C12H11NO2/c1-13-12(14)15-11-8-4-6-9-5-2-3-7-10(9)11/h2-8H,1H3,(H,13,14)/i/hD. The lowest BCUT2D eigenvalue weighted by atomic mass is 10.1. The molecule has 76 valence electrons. The van der Waals surface area contributed by atoms with Gasteiger partial charge in [0.1, 0.15) is 5.75 Å². The van der Waals surface area contributed by atoms with E-state index < -0.39 is 6.09 Å². The molecule has 2 aromatic rings. The summed E-state index contributed by atoms with van der Waals surface area (Å²) >= 11 is 0. The summed E-state index contributed by atoms with van der Waals surface area (Å²) in [7, 11) is 1.33. The van der Waals surface area contributed by atoms with Crippen LogP contribution in [-0.2, 0) is 0 Å². The van der Waals surface area contributed by atoms with E-state index in [-0.39, 0.29) is 0 Å². The van der Waals surface area contributed by atoms with Gasteiger partial charge < -0.3 is 10.0 Å². The Balaban J connectivity index is 2.41. The van der Waals surface area contributed by atoms with Crippen LogP contribution in [0.2, 0.25) is 1.41 Å². The summed E-state index contributed by atoms with van der Waals surface area (Å²) in [4.78, 5) is 11.3. The highest BCUT2D eigenvalue weighted by atomic mass is 16.6. The smallest absolute Gasteiger partial charge is 0.410 e. The van der Waals surface area contributed by atoms with Crippen LogP contribution in [0.25, 0.3) is 10.8 Å². The number of fused-ring (bicyclic) bond motifs is 1. The topological polar surface area (TPSA) is 38.3 Å². The molecule has 0 spiro atoms. The Labute approximate surface area is 89.1 Å². The molecule has 2 rings (SSSR count). The lowest BCUT2D eigenvalue weighted by Crippen LogP contribution is -2.22. The molecule has 3 heteroatoms. The average molecular weight is 202 g/mol. The van der Waals surface area contributed by atoms with Gasteiger partial charge in [0, 0.05) is 12.4 Å². The van der Waals surface area contributed by atoms with Crippen LogP contribution in [0.15, 0.2) is 42.5 Å². The maximum Gasteiger partial charge on any atom is 0.412 e. The fourth-order valence-corrected chi connectivity index (χ4v) is 1.42. The molecule has 0 aliphatic heterocycles. The molecule has 0 aliphatic carbocycles. The number of nitrogens with one attached hydrogen (secondary N) is 1. The van der Waals surface area contributed by atoms with E-state index in [2.05, 4.69) is 0 Å². The molecule has 0 fully saturated rings. The maximum absolute atomic E-state index is 11.3. The zero-order chi connectivity index (χ0) is 11.5. The largest absolute Gasteiger partial charge is 0.412 e. The Morgan fingerprint density at radius 2 is 2.00 bits per heavy atom. The molecule has 0 heterocycles. The Morgan fingerprint density at radius 1 is 1.27 bits per heavy atom. The first-order valence-corrected chi connectivity index (χ1v) is 4.60. The fraction of sp³-hybridized carbons (Fsp3) is 0.0833. The number of rotatable bonds is 1. The van der Waals surface area contributed by atoms with Gasteiger partial charge in [-0.3, -0.25) is 0 Å². The molecule has 0 unspecified atom stereocenters. The van der Waals surface area contributed by atoms with Gasteiger partial charge in [-0.15, -0.1) is 0 Å². The Morgan fingerprint density at radius 3 is 2.80 bits per heavy atom. The van der Waals surface area contributed by atoms with Gasteiger partial charge in [0.05, 0.1) is 0 Å². The SMILES string of the molecule is [2H]N(C)C(=O)Oc1cccc2ccccc12. The van der Waals surface area contributed by atoms with Crippen molar-refractivity contribution < 1.29 is 10.9 Å². The Hall–Kier alpha value is -2.03. The zero-order valence-electron chi connectivity index (χ0n) is 9.31. The van der Waals surface area contributed by atoms with Gasteiger partial charge in [0.2, 0.25) is 0 Å². The normalized spacial score (nSPS) is 10.9. The first-order valence-electron chi connectivity index (χ1n) is 5.05. The second kappa shape index (κ2) is 4.00. The lowest BCUT2D eigenvalue weighted by Gasteiger charge is -2.06. The number of amides is 1. The van der Waals surface area contributed by atoms with E-state index in [9.17, 15) is 4.79 Å². The number of benzene rings is 2. The summed E-state index contributed by atoms with van der Waals surface area (Å²) in [5.74, 6) is 0.474. The minimum atomic E-state index is -0.698. The summed E-state index contributed by atoms with van der Waals surface area (Å²) in [6.45, 7) is 0. The molecule has 0 bridgehead atoms. The van der Waals surface area contributed by atoms with Crippen molar-refractivity contribution in [3.8, 4) is 5.75 Å². The van der Waals surface area contributed by atoms with Crippen molar-refractivity contribution in [3.63, 3.8) is 0 Å². The number of carbonyl (C=O) groups is 1. The number of hydrogen-bond acceptors (Lipinski definition) is 2. The molecule has 0 aliphatic rings. The molecule has 3 nitrogen and oxygen atoms in total. The van der Waals surface area contributed by atoms with Gasteiger partial charge in [-0.05, 0) is 11.5 Å². The quantitative estimate of drug-likeness (QED) is 0.771. The summed E-state index contributed by atoms with van der Waals surface area (Å²) in [5, 5.41) is 2.52. The number of ether oxygens (including phenoxy) is 1. The monoisotopic (exact) mass is 202 g/mol. The third-order valence-electron chi connectivity index (χ3n) is 2.13. The van der Waals surface area contributed by atoms with Crippen LogP contribution in [0.3, 0.4) is 0 Å². The number of hydrogen-bond donors (Lipinski definition) is 1. The molecule has 0 saturated heterocycles. The van der Waals surface area contributed by atoms with E-state index >= 15 is 0 Å². The first-order chi connectivity index (χ1) is 7.68. The van der Waals surface area contributed by atoms with Gasteiger partial charge in [0.25, 0.3) is 0 Å². The van der Waals surface area contributed by atoms with Gasteiger partial charge in [-0.25, -0.2) is 4.79 Å². The predicted octanol–water partition coefficient (Wildman–Crippen LogP) is 2.56. The average Bonchev–Trinajstić information content (AvgIpc) is 2.29. The second-order valence-electron chi connectivity index (χ2n) is 3.07. The van der Waals surface area contributed by atoms with E-state index in [0.717, 1.165) is 10.8 Å². The lowest BCUT2D eigenvalue weighted by molar-refractivity contribution is 0.203. The third-order valence-corrected chi connectivity index (χ3v) is 2.13. The van der Waals surface area contributed by atoms with Crippen molar-refractivity contribution in [3.05, 3.63) is 42.5 Å². The summed E-state index contributed by atoms with van der Waals surface area (Å²) in [6, 6.07) is 13.1. The van der Waals surface area contributed by atoms with Crippen LogP contribution in [0.1, 0.15) is 0 Å². The molecule has 1 N–H and O–H groups in total. The van der Waals surface area contributed by atoms with E-state index in [0.29, 0.717) is 11.1 Å². The third kappa shape index (κ3) is 1.91. The molecule has 0 aromatic heterocycles. The van der Waals surface area contributed by atoms with Crippen molar-refractivity contribution in [1.82, 2.24) is 5.31 Å². The van der Waals surface area contributed by atoms with Crippen LogP contribution in [0.4, 0.5) is 4.79 Å². The van der Waals surface area contributed by atoms with E-state index in [4.69, 9.17) is 6.15 Å². The predicted molar refractivity (Wildman–Crippen MR) is 59.0 cm³/mol. The maximum atomic E-state index is 11.3. The minimum absolute atomic E-state index is 0.474. The highest BCUT2D eigenvalue weighted by molar-refractivity contribution is 5.90. The van der Waals surface area contributed by atoms with Crippen molar-refractivity contribution in [2.75, 3.05) is 7.05 Å².